The second kappa shape index (κ2) is 6.14. The van der Waals surface area contributed by atoms with E-state index in [-0.39, 0.29) is 0 Å². The van der Waals surface area contributed by atoms with Crippen LogP contribution in [0.15, 0.2) is 29.0 Å². The second-order valence-electron chi connectivity index (χ2n) is 3.59. The minimum Gasteiger partial charge on any atom is -0.312 e. The average Bonchev–Trinajstić information content (AvgIpc) is 2.79. The van der Waals surface area contributed by atoms with Crippen molar-refractivity contribution in [1.82, 2.24) is 20.5 Å². The number of nitrogens with one attached hydrogen (secondary N) is 2. The van der Waals surface area contributed by atoms with Crippen LogP contribution in [0.3, 0.4) is 0 Å². The van der Waals surface area contributed by atoms with Gasteiger partial charge in [0.05, 0.1) is 0 Å². The summed E-state index contributed by atoms with van der Waals surface area (Å²) in [4.78, 5) is 4.05. The van der Waals surface area contributed by atoms with E-state index in [0.717, 1.165) is 40.4 Å². The highest BCUT2D eigenvalue weighted by Crippen LogP contribution is 2.20. The number of H-pyrrole nitrogens is 1. The Labute approximate surface area is 113 Å². The summed E-state index contributed by atoms with van der Waals surface area (Å²) in [6, 6.07) is 5.89. The Morgan fingerprint density at radius 2 is 2.29 bits per heavy atom. The normalized spacial score (nSPS) is 10.7. The summed E-state index contributed by atoms with van der Waals surface area (Å²) in [6.45, 7) is 1.59. The molecule has 17 heavy (non-hydrogen) atoms. The van der Waals surface area contributed by atoms with Gasteiger partial charge in [0.15, 0.2) is 0 Å². The highest BCUT2D eigenvalue weighted by Gasteiger charge is 2.01. The van der Waals surface area contributed by atoms with Gasteiger partial charge >= 0.3 is 0 Å². The lowest BCUT2D eigenvalue weighted by Crippen LogP contribution is -2.17. The fourth-order valence-electron chi connectivity index (χ4n) is 1.45. The zero-order valence-electron chi connectivity index (χ0n) is 9.08. The predicted molar refractivity (Wildman–Crippen MR) is 70.9 cm³/mol. The van der Waals surface area contributed by atoms with Crippen molar-refractivity contribution in [3.63, 3.8) is 0 Å². The number of benzene rings is 1. The maximum atomic E-state index is 6.11. The summed E-state index contributed by atoms with van der Waals surface area (Å²) in [6.07, 6.45) is 2.34. The molecule has 6 heteroatoms. The van der Waals surface area contributed by atoms with Gasteiger partial charge in [-0.05, 0) is 17.7 Å². The number of aromatic amines is 1. The summed E-state index contributed by atoms with van der Waals surface area (Å²) in [7, 11) is 0. The summed E-state index contributed by atoms with van der Waals surface area (Å²) in [5.74, 6) is 0.888. The molecule has 0 spiro atoms. The van der Waals surface area contributed by atoms with Gasteiger partial charge in [-0.2, -0.15) is 5.10 Å². The molecule has 0 aliphatic rings. The Hall–Kier alpha value is -0.910. The van der Waals surface area contributed by atoms with E-state index in [4.69, 9.17) is 11.6 Å². The van der Waals surface area contributed by atoms with Gasteiger partial charge in [-0.15, -0.1) is 0 Å². The molecular weight excluding hydrogens is 304 g/mol. The Bertz CT molecular complexity index is 472. The van der Waals surface area contributed by atoms with E-state index < -0.39 is 0 Å². The maximum Gasteiger partial charge on any atom is 0.137 e. The standard InChI is InChI=1S/C11H12BrClN4/c12-9-2-1-8(10(13)5-9)6-14-4-3-11-15-7-16-17-11/h1-2,5,7,14H,3-4,6H2,(H,15,16,17). The molecule has 0 aliphatic carbocycles. The summed E-state index contributed by atoms with van der Waals surface area (Å²) in [5, 5.41) is 10.7. The van der Waals surface area contributed by atoms with Crippen molar-refractivity contribution in [2.45, 2.75) is 13.0 Å². The molecule has 2 N–H and O–H groups in total. The van der Waals surface area contributed by atoms with Crippen LogP contribution in [-0.2, 0) is 13.0 Å². The van der Waals surface area contributed by atoms with E-state index in [1.165, 1.54) is 6.33 Å². The third-order valence-corrected chi connectivity index (χ3v) is 3.18. The van der Waals surface area contributed by atoms with E-state index >= 15 is 0 Å². The molecule has 1 aromatic carbocycles. The van der Waals surface area contributed by atoms with Gasteiger partial charge < -0.3 is 5.32 Å². The molecule has 0 unspecified atom stereocenters. The third-order valence-electron chi connectivity index (χ3n) is 2.33. The number of halogens is 2. The highest BCUT2D eigenvalue weighted by molar-refractivity contribution is 9.10. The first kappa shape index (κ1) is 12.5. The predicted octanol–water partition coefficient (Wildman–Crippen LogP) is 2.55. The average molecular weight is 316 g/mol. The van der Waals surface area contributed by atoms with E-state index in [2.05, 4.69) is 36.4 Å². The Morgan fingerprint density at radius 3 is 3.00 bits per heavy atom. The Kier molecular flexibility index (Phi) is 4.53. The first-order chi connectivity index (χ1) is 8.25. The van der Waals surface area contributed by atoms with E-state index in [0.29, 0.717) is 0 Å². The molecule has 1 heterocycles. The van der Waals surface area contributed by atoms with Gasteiger partial charge in [0.25, 0.3) is 0 Å². The zero-order chi connectivity index (χ0) is 12.1. The lowest BCUT2D eigenvalue weighted by molar-refractivity contribution is 0.672. The Balaban J connectivity index is 1.78. The van der Waals surface area contributed by atoms with Gasteiger partial charge in [0, 0.05) is 29.0 Å². The maximum absolute atomic E-state index is 6.11. The van der Waals surface area contributed by atoms with Crippen LogP contribution < -0.4 is 5.32 Å². The summed E-state index contributed by atoms with van der Waals surface area (Å²) >= 11 is 9.49. The molecule has 0 amide bonds. The quantitative estimate of drug-likeness (QED) is 0.834. The second-order valence-corrected chi connectivity index (χ2v) is 4.92. The van der Waals surface area contributed by atoms with Crippen LogP contribution in [0.4, 0.5) is 0 Å². The lowest BCUT2D eigenvalue weighted by Gasteiger charge is -2.06. The molecular formula is C11H12BrClN4. The van der Waals surface area contributed by atoms with Crippen LogP contribution in [0.5, 0.6) is 0 Å². The lowest BCUT2D eigenvalue weighted by atomic mass is 10.2. The minimum absolute atomic E-state index is 0.750. The SMILES string of the molecule is Clc1cc(Br)ccc1CNCCc1ncn[nH]1. The van der Waals surface area contributed by atoms with Gasteiger partial charge in [-0.25, -0.2) is 4.98 Å². The van der Waals surface area contributed by atoms with Crippen molar-refractivity contribution in [3.8, 4) is 0 Å². The third kappa shape index (κ3) is 3.80. The largest absolute Gasteiger partial charge is 0.312 e. The number of aromatic nitrogens is 3. The molecule has 0 bridgehead atoms. The number of hydrogen-bond donors (Lipinski definition) is 2. The molecule has 4 nitrogen and oxygen atoms in total. The molecule has 0 saturated heterocycles. The van der Waals surface area contributed by atoms with Crippen molar-refractivity contribution >= 4 is 27.5 Å². The first-order valence-electron chi connectivity index (χ1n) is 5.24. The van der Waals surface area contributed by atoms with Gasteiger partial charge in [0.1, 0.15) is 12.2 Å². The molecule has 0 aliphatic heterocycles. The van der Waals surface area contributed by atoms with Crippen LogP contribution in [0.25, 0.3) is 0 Å². The van der Waals surface area contributed by atoms with Gasteiger partial charge in [-0.1, -0.05) is 33.6 Å². The van der Waals surface area contributed by atoms with Crippen LogP contribution in [0.1, 0.15) is 11.4 Å². The molecule has 2 rings (SSSR count). The van der Waals surface area contributed by atoms with E-state index in [9.17, 15) is 0 Å². The van der Waals surface area contributed by atoms with Crippen molar-refractivity contribution in [2.24, 2.45) is 0 Å². The van der Waals surface area contributed by atoms with Crippen molar-refractivity contribution < 1.29 is 0 Å². The van der Waals surface area contributed by atoms with Crippen LogP contribution in [-0.4, -0.2) is 21.7 Å². The van der Waals surface area contributed by atoms with Crippen LogP contribution >= 0.6 is 27.5 Å². The topological polar surface area (TPSA) is 53.6 Å². The van der Waals surface area contributed by atoms with E-state index in [1.54, 1.807) is 0 Å². The fourth-order valence-corrected chi connectivity index (χ4v) is 2.19. The molecule has 1 aromatic heterocycles. The fraction of sp³-hybridized carbons (Fsp3) is 0.273. The zero-order valence-corrected chi connectivity index (χ0v) is 11.4. The molecule has 0 fully saturated rings. The molecule has 0 radical (unpaired) electrons. The molecule has 0 saturated carbocycles. The number of nitrogens with zero attached hydrogens (tertiary/aromatic N) is 2. The molecule has 2 aromatic rings. The molecule has 0 atom stereocenters. The van der Waals surface area contributed by atoms with Gasteiger partial charge in [-0.3, -0.25) is 5.10 Å². The monoisotopic (exact) mass is 314 g/mol. The molecule has 90 valence electrons. The van der Waals surface area contributed by atoms with Crippen LogP contribution in [0, 0.1) is 0 Å². The minimum atomic E-state index is 0.750. The summed E-state index contributed by atoms with van der Waals surface area (Å²) < 4.78 is 0.993. The first-order valence-corrected chi connectivity index (χ1v) is 6.41. The van der Waals surface area contributed by atoms with Crippen LogP contribution in [0.2, 0.25) is 5.02 Å². The highest BCUT2D eigenvalue weighted by atomic mass is 79.9. The van der Waals surface area contributed by atoms with Crippen molar-refractivity contribution in [3.05, 3.63) is 45.4 Å². The van der Waals surface area contributed by atoms with Crippen molar-refractivity contribution in [2.75, 3.05) is 6.54 Å². The van der Waals surface area contributed by atoms with Gasteiger partial charge in [0.2, 0.25) is 0 Å². The Morgan fingerprint density at radius 1 is 1.41 bits per heavy atom. The van der Waals surface area contributed by atoms with E-state index in [1.807, 2.05) is 18.2 Å². The summed E-state index contributed by atoms with van der Waals surface area (Å²) in [5.41, 5.74) is 1.09. The number of rotatable bonds is 5. The smallest absolute Gasteiger partial charge is 0.137 e. The number of hydrogen-bond acceptors (Lipinski definition) is 3. The van der Waals surface area contributed by atoms with Crippen molar-refractivity contribution in [1.29, 1.82) is 0 Å².